The van der Waals surface area contributed by atoms with Crippen molar-refractivity contribution in [3.8, 4) is 16.9 Å². The Morgan fingerprint density at radius 2 is 1.70 bits per heavy atom. The fourth-order valence-corrected chi connectivity index (χ4v) is 2.50. The molecular weight excluding hydrogens is 244 g/mol. The molecule has 2 aromatic rings. The van der Waals surface area contributed by atoms with Crippen LogP contribution in [0.1, 0.15) is 38.7 Å². The molecule has 20 heavy (non-hydrogen) atoms. The minimum absolute atomic E-state index is 0.721. The summed E-state index contributed by atoms with van der Waals surface area (Å²) in [6.45, 7) is 5.00. The van der Waals surface area contributed by atoms with Crippen LogP contribution in [-0.4, -0.2) is 6.61 Å². The second kappa shape index (κ2) is 7.74. The molecule has 0 atom stereocenters. The Labute approximate surface area is 122 Å². The molecule has 106 valence electrons. The Balaban J connectivity index is 2.29. The second-order valence-corrected chi connectivity index (χ2v) is 5.08. The van der Waals surface area contributed by atoms with Gasteiger partial charge in [-0.15, -0.1) is 0 Å². The number of rotatable bonds is 7. The SMILES string of the molecule is CCCCCc1cc(OCC)ccc1-c1ccccc1. The van der Waals surface area contributed by atoms with Crippen LogP contribution in [0.3, 0.4) is 0 Å². The molecule has 0 saturated carbocycles. The van der Waals surface area contributed by atoms with Crippen LogP contribution in [0.5, 0.6) is 5.75 Å². The Morgan fingerprint density at radius 3 is 2.40 bits per heavy atom. The molecule has 0 fully saturated rings. The van der Waals surface area contributed by atoms with Gasteiger partial charge in [0, 0.05) is 0 Å². The molecule has 1 heteroatoms. The first-order valence-corrected chi connectivity index (χ1v) is 7.66. The fourth-order valence-electron chi connectivity index (χ4n) is 2.50. The van der Waals surface area contributed by atoms with Crippen molar-refractivity contribution in [3.63, 3.8) is 0 Å². The predicted molar refractivity (Wildman–Crippen MR) is 86.3 cm³/mol. The first-order valence-electron chi connectivity index (χ1n) is 7.66. The van der Waals surface area contributed by atoms with E-state index in [0.717, 1.165) is 18.8 Å². The molecule has 0 aliphatic carbocycles. The Kier molecular flexibility index (Phi) is 5.67. The second-order valence-electron chi connectivity index (χ2n) is 5.08. The van der Waals surface area contributed by atoms with E-state index >= 15 is 0 Å². The molecule has 2 rings (SSSR count). The van der Waals surface area contributed by atoms with Gasteiger partial charge in [-0.2, -0.15) is 0 Å². The third-order valence-electron chi connectivity index (χ3n) is 3.52. The van der Waals surface area contributed by atoms with Gasteiger partial charge in [0.1, 0.15) is 5.75 Å². The number of ether oxygens (including phenoxy) is 1. The van der Waals surface area contributed by atoms with Gasteiger partial charge in [-0.3, -0.25) is 0 Å². The van der Waals surface area contributed by atoms with Crippen LogP contribution in [0.2, 0.25) is 0 Å². The van der Waals surface area contributed by atoms with E-state index in [9.17, 15) is 0 Å². The average Bonchev–Trinajstić information content (AvgIpc) is 2.49. The summed E-state index contributed by atoms with van der Waals surface area (Å²) >= 11 is 0. The summed E-state index contributed by atoms with van der Waals surface area (Å²) in [6.07, 6.45) is 4.91. The molecule has 0 bridgehead atoms. The minimum atomic E-state index is 0.721. The minimum Gasteiger partial charge on any atom is -0.494 e. The van der Waals surface area contributed by atoms with Gasteiger partial charge in [0.15, 0.2) is 0 Å². The van der Waals surface area contributed by atoms with Crippen LogP contribution >= 0.6 is 0 Å². The maximum absolute atomic E-state index is 5.64. The zero-order chi connectivity index (χ0) is 14.2. The van der Waals surface area contributed by atoms with Crippen molar-refractivity contribution in [1.82, 2.24) is 0 Å². The third-order valence-corrected chi connectivity index (χ3v) is 3.52. The molecular formula is C19H24O. The summed E-state index contributed by atoms with van der Waals surface area (Å²) in [5, 5.41) is 0. The number of hydrogen-bond donors (Lipinski definition) is 0. The van der Waals surface area contributed by atoms with E-state index < -0.39 is 0 Å². The maximum Gasteiger partial charge on any atom is 0.119 e. The highest BCUT2D eigenvalue weighted by Crippen LogP contribution is 2.28. The molecule has 1 nitrogen and oxygen atoms in total. The maximum atomic E-state index is 5.64. The van der Waals surface area contributed by atoms with Crippen molar-refractivity contribution in [2.24, 2.45) is 0 Å². The lowest BCUT2D eigenvalue weighted by molar-refractivity contribution is 0.340. The standard InChI is InChI=1S/C19H24O/c1-3-5-7-12-17-15-18(20-4-2)13-14-19(17)16-10-8-6-9-11-16/h6,8-11,13-15H,3-5,7,12H2,1-2H3. The van der Waals surface area contributed by atoms with Gasteiger partial charge in [0.2, 0.25) is 0 Å². The Bertz CT molecular complexity index is 517. The first-order chi connectivity index (χ1) is 9.85. The van der Waals surface area contributed by atoms with Crippen molar-refractivity contribution < 1.29 is 4.74 Å². The highest BCUT2D eigenvalue weighted by Gasteiger charge is 2.06. The molecule has 0 spiro atoms. The molecule has 0 aromatic heterocycles. The summed E-state index contributed by atoms with van der Waals surface area (Å²) in [6, 6.07) is 17.1. The highest BCUT2D eigenvalue weighted by atomic mass is 16.5. The van der Waals surface area contributed by atoms with E-state index in [1.54, 1.807) is 0 Å². The van der Waals surface area contributed by atoms with Crippen LogP contribution in [-0.2, 0) is 6.42 Å². The number of aryl methyl sites for hydroxylation is 1. The molecule has 0 radical (unpaired) electrons. The van der Waals surface area contributed by atoms with E-state index in [0.29, 0.717) is 0 Å². The zero-order valence-electron chi connectivity index (χ0n) is 12.6. The summed E-state index contributed by atoms with van der Waals surface area (Å²) < 4.78 is 5.64. The molecule has 0 heterocycles. The van der Waals surface area contributed by atoms with E-state index in [2.05, 4.69) is 55.5 Å². The fraction of sp³-hybridized carbons (Fsp3) is 0.368. The van der Waals surface area contributed by atoms with Gasteiger partial charge in [-0.1, -0.05) is 56.2 Å². The summed E-state index contributed by atoms with van der Waals surface area (Å²) in [7, 11) is 0. The molecule has 0 aliphatic rings. The van der Waals surface area contributed by atoms with E-state index in [4.69, 9.17) is 4.74 Å². The van der Waals surface area contributed by atoms with Crippen LogP contribution in [0.25, 0.3) is 11.1 Å². The topological polar surface area (TPSA) is 9.23 Å². The monoisotopic (exact) mass is 268 g/mol. The van der Waals surface area contributed by atoms with Crippen molar-refractivity contribution in [1.29, 1.82) is 0 Å². The summed E-state index contributed by atoms with van der Waals surface area (Å²) in [5.74, 6) is 0.985. The molecule has 0 unspecified atom stereocenters. The van der Waals surface area contributed by atoms with Gasteiger partial charge in [0.05, 0.1) is 6.61 Å². The highest BCUT2D eigenvalue weighted by molar-refractivity contribution is 5.68. The van der Waals surface area contributed by atoms with Gasteiger partial charge in [-0.25, -0.2) is 0 Å². The predicted octanol–water partition coefficient (Wildman–Crippen LogP) is 5.49. The Hall–Kier alpha value is -1.76. The van der Waals surface area contributed by atoms with Gasteiger partial charge >= 0.3 is 0 Å². The van der Waals surface area contributed by atoms with E-state index in [1.807, 2.05) is 6.92 Å². The number of benzene rings is 2. The van der Waals surface area contributed by atoms with Crippen LogP contribution < -0.4 is 4.74 Å². The lowest BCUT2D eigenvalue weighted by Crippen LogP contribution is -1.96. The first kappa shape index (κ1) is 14.6. The molecule has 0 amide bonds. The van der Waals surface area contributed by atoms with Crippen LogP contribution in [0.15, 0.2) is 48.5 Å². The van der Waals surface area contributed by atoms with Crippen molar-refractivity contribution in [3.05, 3.63) is 54.1 Å². The normalized spacial score (nSPS) is 10.5. The molecule has 2 aromatic carbocycles. The van der Waals surface area contributed by atoms with Crippen molar-refractivity contribution >= 4 is 0 Å². The van der Waals surface area contributed by atoms with Crippen molar-refractivity contribution in [2.45, 2.75) is 39.5 Å². The molecule has 0 aliphatic heterocycles. The lowest BCUT2D eigenvalue weighted by Gasteiger charge is -2.12. The number of unbranched alkanes of at least 4 members (excludes halogenated alkanes) is 2. The van der Waals surface area contributed by atoms with Crippen molar-refractivity contribution in [2.75, 3.05) is 6.61 Å². The van der Waals surface area contributed by atoms with Gasteiger partial charge in [-0.05, 0) is 48.6 Å². The lowest BCUT2D eigenvalue weighted by atomic mass is 9.95. The summed E-state index contributed by atoms with van der Waals surface area (Å²) in [4.78, 5) is 0. The van der Waals surface area contributed by atoms with Gasteiger partial charge in [0.25, 0.3) is 0 Å². The average molecular weight is 268 g/mol. The van der Waals surface area contributed by atoms with Crippen LogP contribution in [0, 0.1) is 0 Å². The smallest absolute Gasteiger partial charge is 0.119 e. The third kappa shape index (κ3) is 3.86. The molecule has 0 N–H and O–H groups in total. The largest absolute Gasteiger partial charge is 0.494 e. The van der Waals surface area contributed by atoms with E-state index in [-0.39, 0.29) is 0 Å². The van der Waals surface area contributed by atoms with Gasteiger partial charge < -0.3 is 4.74 Å². The summed E-state index contributed by atoms with van der Waals surface area (Å²) in [5.41, 5.74) is 4.03. The quantitative estimate of drug-likeness (QED) is 0.604. The van der Waals surface area contributed by atoms with Crippen LogP contribution in [0.4, 0.5) is 0 Å². The molecule has 0 saturated heterocycles. The van der Waals surface area contributed by atoms with E-state index in [1.165, 1.54) is 36.0 Å². The zero-order valence-corrected chi connectivity index (χ0v) is 12.6. The number of hydrogen-bond acceptors (Lipinski definition) is 1. The Morgan fingerprint density at radius 1 is 0.900 bits per heavy atom.